The highest BCUT2D eigenvalue weighted by atomic mass is 32.2. The fourth-order valence-corrected chi connectivity index (χ4v) is 5.63. The minimum absolute atomic E-state index is 0.0439. The number of amides is 2. The van der Waals surface area contributed by atoms with Crippen molar-refractivity contribution in [3.8, 4) is 0 Å². The molecule has 0 unspecified atom stereocenters. The Labute approximate surface area is 165 Å². The lowest BCUT2D eigenvalue weighted by atomic mass is 9.89. The largest absolute Gasteiger partial charge is 0.453 e. The number of nitrogens with one attached hydrogen (secondary N) is 1. The average Bonchev–Trinajstić information content (AvgIpc) is 2.98. The molecule has 27 heavy (non-hydrogen) atoms. The summed E-state index contributed by atoms with van der Waals surface area (Å²) < 4.78 is 6.06. The highest BCUT2D eigenvalue weighted by Gasteiger charge is 2.26. The van der Waals surface area contributed by atoms with E-state index in [1.165, 1.54) is 23.7 Å². The van der Waals surface area contributed by atoms with Gasteiger partial charge in [0.05, 0.1) is 17.7 Å². The van der Waals surface area contributed by atoms with Crippen molar-refractivity contribution in [2.75, 3.05) is 7.11 Å². The molecule has 0 radical (unpaired) electrons. The SMILES string of the molecule is CCn1c(S[C@@H](C)C(=O)NC(=O)OC)nc2sc3c(c2c1=O)CC[C@@H](C)C3. The maximum absolute atomic E-state index is 13.1. The minimum Gasteiger partial charge on any atom is -0.453 e. The van der Waals surface area contributed by atoms with Crippen molar-refractivity contribution >= 4 is 45.3 Å². The van der Waals surface area contributed by atoms with Crippen LogP contribution in [0.1, 0.15) is 37.6 Å². The molecule has 0 spiro atoms. The van der Waals surface area contributed by atoms with E-state index in [9.17, 15) is 14.4 Å². The van der Waals surface area contributed by atoms with E-state index in [4.69, 9.17) is 4.98 Å². The second-order valence-corrected chi connectivity index (χ2v) is 9.11. The van der Waals surface area contributed by atoms with Crippen LogP contribution in [0.2, 0.25) is 0 Å². The van der Waals surface area contributed by atoms with E-state index < -0.39 is 17.3 Å². The van der Waals surface area contributed by atoms with Crippen LogP contribution < -0.4 is 10.9 Å². The number of rotatable bonds is 4. The molecule has 2 aromatic heterocycles. The fraction of sp³-hybridized carbons (Fsp3) is 0.556. The summed E-state index contributed by atoms with van der Waals surface area (Å²) in [6.07, 6.45) is 2.19. The van der Waals surface area contributed by atoms with E-state index in [-0.39, 0.29) is 5.56 Å². The normalized spacial score (nSPS) is 17.4. The number of aryl methyl sites for hydroxylation is 1. The van der Waals surface area contributed by atoms with Crippen LogP contribution in [-0.4, -0.2) is 33.9 Å². The van der Waals surface area contributed by atoms with E-state index in [0.29, 0.717) is 17.6 Å². The Morgan fingerprint density at radius 1 is 1.48 bits per heavy atom. The first-order valence-electron chi connectivity index (χ1n) is 8.96. The second-order valence-electron chi connectivity index (χ2n) is 6.72. The first-order chi connectivity index (χ1) is 12.8. The lowest BCUT2D eigenvalue weighted by Gasteiger charge is -2.18. The van der Waals surface area contributed by atoms with Crippen LogP contribution >= 0.6 is 23.1 Å². The molecule has 0 saturated carbocycles. The van der Waals surface area contributed by atoms with Crippen molar-refractivity contribution in [1.29, 1.82) is 0 Å². The minimum atomic E-state index is -0.802. The third kappa shape index (κ3) is 3.89. The van der Waals surface area contributed by atoms with Gasteiger partial charge in [0.2, 0.25) is 5.91 Å². The molecule has 9 heteroatoms. The van der Waals surface area contributed by atoms with Gasteiger partial charge in [-0.25, -0.2) is 9.78 Å². The van der Waals surface area contributed by atoms with Gasteiger partial charge < -0.3 is 4.74 Å². The molecule has 0 fully saturated rings. The average molecular weight is 410 g/mol. The predicted molar refractivity (Wildman–Crippen MR) is 107 cm³/mol. The number of hydrogen-bond acceptors (Lipinski definition) is 7. The number of ether oxygens (including phenoxy) is 1. The highest BCUT2D eigenvalue weighted by Crippen LogP contribution is 2.36. The Kier molecular flexibility index (Phi) is 5.90. The molecule has 1 N–H and O–H groups in total. The van der Waals surface area contributed by atoms with Gasteiger partial charge in [-0.1, -0.05) is 18.7 Å². The molecule has 2 aromatic rings. The lowest BCUT2D eigenvalue weighted by molar-refractivity contribution is -0.119. The Hall–Kier alpha value is -1.87. The van der Waals surface area contributed by atoms with Gasteiger partial charge in [-0.3, -0.25) is 19.5 Å². The highest BCUT2D eigenvalue weighted by molar-refractivity contribution is 8.00. The molecule has 2 amide bonds. The zero-order chi connectivity index (χ0) is 19.7. The Morgan fingerprint density at radius 3 is 2.89 bits per heavy atom. The molecule has 2 atom stereocenters. The van der Waals surface area contributed by atoms with Gasteiger partial charge >= 0.3 is 6.09 Å². The van der Waals surface area contributed by atoms with Gasteiger partial charge in [-0.2, -0.15) is 0 Å². The summed E-state index contributed by atoms with van der Waals surface area (Å²) in [6, 6.07) is 0. The summed E-state index contributed by atoms with van der Waals surface area (Å²) in [5.41, 5.74) is 1.11. The van der Waals surface area contributed by atoms with Crippen molar-refractivity contribution < 1.29 is 14.3 Å². The third-order valence-electron chi connectivity index (χ3n) is 4.76. The van der Waals surface area contributed by atoms with E-state index in [1.807, 2.05) is 6.92 Å². The number of thiophene rings is 1. The van der Waals surface area contributed by atoms with Gasteiger partial charge in [-0.15, -0.1) is 11.3 Å². The summed E-state index contributed by atoms with van der Waals surface area (Å²) in [7, 11) is 1.20. The summed E-state index contributed by atoms with van der Waals surface area (Å²) >= 11 is 2.76. The smallest absolute Gasteiger partial charge is 0.413 e. The zero-order valence-electron chi connectivity index (χ0n) is 15.8. The zero-order valence-corrected chi connectivity index (χ0v) is 17.5. The topological polar surface area (TPSA) is 90.3 Å². The van der Waals surface area contributed by atoms with Crippen LogP contribution in [0.4, 0.5) is 4.79 Å². The number of methoxy groups -OCH3 is 1. The molecule has 0 aromatic carbocycles. The monoisotopic (exact) mass is 409 g/mol. The van der Waals surface area contributed by atoms with Crippen molar-refractivity contribution in [3.63, 3.8) is 0 Å². The van der Waals surface area contributed by atoms with Crippen LogP contribution in [0.3, 0.4) is 0 Å². The summed E-state index contributed by atoms with van der Waals surface area (Å²) in [4.78, 5) is 43.2. The standard InChI is InChI=1S/C18H23N3O4S2/c1-5-21-16(23)13-11-7-6-9(2)8-12(11)27-15(13)20-17(21)26-10(3)14(22)19-18(24)25-4/h9-10H,5-8H2,1-4H3,(H,19,22,24)/t9-,10+/m1/s1. The number of carbonyl (C=O) groups is 2. The molecular weight excluding hydrogens is 386 g/mol. The third-order valence-corrected chi connectivity index (χ3v) is 7.00. The van der Waals surface area contributed by atoms with Crippen molar-refractivity contribution in [1.82, 2.24) is 14.9 Å². The van der Waals surface area contributed by atoms with Crippen LogP contribution in [0.25, 0.3) is 10.2 Å². The number of fused-ring (bicyclic) bond motifs is 3. The molecule has 0 aliphatic heterocycles. The number of alkyl carbamates (subject to hydrolysis) is 1. The second kappa shape index (κ2) is 8.02. The van der Waals surface area contributed by atoms with Crippen LogP contribution in [0.15, 0.2) is 9.95 Å². The molecular formula is C18H23N3O4S2. The molecule has 3 rings (SSSR count). The van der Waals surface area contributed by atoms with Gasteiger partial charge in [0.1, 0.15) is 4.83 Å². The van der Waals surface area contributed by atoms with Crippen molar-refractivity contribution in [2.45, 2.75) is 57.0 Å². The predicted octanol–water partition coefficient (Wildman–Crippen LogP) is 2.97. The number of hydrogen-bond donors (Lipinski definition) is 1. The first-order valence-corrected chi connectivity index (χ1v) is 10.7. The summed E-state index contributed by atoms with van der Waals surface area (Å²) in [5.74, 6) is 0.137. The lowest BCUT2D eigenvalue weighted by Crippen LogP contribution is -2.36. The molecule has 1 aliphatic rings. The number of carbonyl (C=O) groups excluding carboxylic acids is 2. The first kappa shape index (κ1) is 19.9. The van der Waals surface area contributed by atoms with Crippen LogP contribution in [-0.2, 0) is 28.9 Å². The van der Waals surface area contributed by atoms with Crippen molar-refractivity contribution in [2.24, 2.45) is 5.92 Å². The summed E-state index contributed by atoms with van der Waals surface area (Å²) in [5, 5.41) is 2.78. The van der Waals surface area contributed by atoms with Crippen molar-refractivity contribution in [3.05, 3.63) is 20.8 Å². The summed E-state index contributed by atoms with van der Waals surface area (Å²) in [6.45, 7) is 6.25. The van der Waals surface area contributed by atoms with Crippen LogP contribution in [0.5, 0.6) is 0 Å². The van der Waals surface area contributed by atoms with E-state index in [2.05, 4.69) is 17.0 Å². The maximum atomic E-state index is 13.1. The Morgan fingerprint density at radius 2 is 2.22 bits per heavy atom. The van der Waals surface area contributed by atoms with Crippen LogP contribution in [0, 0.1) is 5.92 Å². The maximum Gasteiger partial charge on any atom is 0.413 e. The Bertz CT molecular complexity index is 950. The number of imide groups is 1. The molecule has 1 aliphatic carbocycles. The van der Waals surface area contributed by atoms with Gasteiger partial charge in [0.15, 0.2) is 5.16 Å². The molecule has 0 saturated heterocycles. The van der Waals surface area contributed by atoms with E-state index in [1.54, 1.807) is 22.8 Å². The molecule has 7 nitrogen and oxygen atoms in total. The Balaban J connectivity index is 1.97. The van der Waals surface area contributed by atoms with Gasteiger partial charge in [-0.05, 0) is 44.6 Å². The fourth-order valence-electron chi connectivity index (χ4n) is 3.24. The number of nitrogens with zero attached hydrogens (tertiary/aromatic N) is 2. The van der Waals surface area contributed by atoms with Gasteiger partial charge in [0, 0.05) is 11.4 Å². The molecule has 2 heterocycles. The quantitative estimate of drug-likeness (QED) is 0.617. The van der Waals surface area contributed by atoms with E-state index in [0.717, 1.165) is 35.0 Å². The number of aromatic nitrogens is 2. The number of thioether (sulfide) groups is 1. The molecule has 146 valence electrons. The van der Waals surface area contributed by atoms with Gasteiger partial charge in [0.25, 0.3) is 5.56 Å². The molecule has 0 bridgehead atoms. The van der Waals surface area contributed by atoms with E-state index >= 15 is 0 Å².